The molecule has 0 atom stereocenters. The summed E-state index contributed by atoms with van der Waals surface area (Å²) in [6.07, 6.45) is 1.73. The van der Waals surface area contributed by atoms with Gasteiger partial charge in [0.1, 0.15) is 5.75 Å². The predicted molar refractivity (Wildman–Crippen MR) is 79.8 cm³/mol. The Hall–Kier alpha value is -2.14. The van der Waals surface area contributed by atoms with Gasteiger partial charge in [0.25, 0.3) is 0 Å². The van der Waals surface area contributed by atoms with Gasteiger partial charge in [0, 0.05) is 17.6 Å². The Balaban J connectivity index is 1.89. The van der Waals surface area contributed by atoms with E-state index in [4.69, 9.17) is 4.74 Å². The van der Waals surface area contributed by atoms with Crippen LogP contribution in [0.4, 0.5) is 0 Å². The van der Waals surface area contributed by atoms with Crippen LogP contribution in [0.2, 0.25) is 0 Å². The molecule has 1 aromatic heterocycles. The van der Waals surface area contributed by atoms with Gasteiger partial charge in [0.15, 0.2) is 0 Å². The third kappa shape index (κ3) is 2.32. The molecule has 0 saturated heterocycles. The van der Waals surface area contributed by atoms with Crippen LogP contribution < -0.4 is 4.74 Å². The number of hydrogen-bond donors (Lipinski definition) is 0. The number of halogens is 1. The summed E-state index contributed by atoms with van der Waals surface area (Å²) in [6.45, 7) is 0. The fraction of sp³-hybridized carbons (Fsp3) is 0.0667. The number of fused-ring (bicyclic) bond motifs is 1. The summed E-state index contributed by atoms with van der Waals surface area (Å²) in [6, 6.07) is 12.6. The largest absolute Gasteiger partial charge is 0.423 e. The molecule has 0 fully saturated rings. The second-order valence-electron chi connectivity index (χ2n) is 4.38. The van der Waals surface area contributed by atoms with Crippen molar-refractivity contribution in [2.45, 2.75) is 0 Å². The fourth-order valence-corrected chi connectivity index (χ4v) is 2.41. The number of aromatic nitrogens is 2. The van der Waals surface area contributed by atoms with Gasteiger partial charge in [0.2, 0.25) is 0 Å². The van der Waals surface area contributed by atoms with Gasteiger partial charge in [-0.15, -0.1) is 0 Å². The predicted octanol–water partition coefficient (Wildman–Crippen LogP) is 3.56. The minimum absolute atomic E-state index is 0.396. The van der Waals surface area contributed by atoms with Gasteiger partial charge in [0.05, 0.1) is 22.9 Å². The topological polar surface area (TPSA) is 44.1 Å². The van der Waals surface area contributed by atoms with Crippen LogP contribution in [0.1, 0.15) is 10.4 Å². The summed E-state index contributed by atoms with van der Waals surface area (Å²) >= 11 is 3.34. The van der Waals surface area contributed by atoms with Crippen LogP contribution in [0.25, 0.3) is 11.0 Å². The molecule has 3 aromatic rings. The highest BCUT2D eigenvalue weighted by Crippen LogP contribution is 2.22. The van der Waals surface area contributed by atoms with Crippen LogP contribution in [0.3, 0.4) is 0 Å². The highest BCUT2D eigenvalue weighted by Gasteiger charge is 2.12. The summed E-state index contributed by atoms with van der Waals surface area (Å²) in [4.78, 5) is 16.3. The van der Waals surface area contributed by atoms with E-state index in [0.29, 0.717) is 15.8 Å². The van der Waals surface area contributed by atoms with E-state index in [-0.39, 0.29) is 0 Å². The van der Waals surface area contributed by atoms with E-state index in [9.17, 15) is 4.79 Å². The first-order valence-electron chi connectivity index (χ1n) is 6.03. The van der Waals surface area contributed by atoms with Crippen molar-refractivity contribution in [2.75, 3.05) is 0 Å². The molecule has 0 amide bonds. The lowest BCUT2D eigenvalue weighted by atomic mass is 10.2. The molecule has 0 unspecified atom stereocenters. The van der Waals surface area contributed by atoms with Crippen molar-refractivity contribution in [3.05, 3.63) is 58.8 Å². The third-order valence-corrected chi connectivity index (χ3v) is 3.69. The Labute approximate surface area is 124 Å². The van der Waals surface area contributed by atoms with Crippen molar-refractivity contribution < 1.29 is 9.53 Å². The average Bonchev–Trinajstić information content (AvgIpc) is 2.80. The number of nitrogens with zero attached hydrogens (tertiary/aromatic N) is 2. The van der Waals surface area contributed by atoms with Crippen LogP contribution >= 0.6 is 15.9 Å². The molecule has 0 aliphatic carbocycles. The van der Waals surface area contributed by atoms with Gasteiger partial charge >= 0.3 is 5.97 Å². The Morgan fingerprint density at radius 1 is 1.25 bits per heavy atom. The number of carbonyl (C=O) groups is 1. The van der Waals surface area contributed by atoms with Crippen molar-refractivity contribution >= 4 is 32.9 Å². The molecule has 20 heavy (non-hydrogen) atoms. The standard InChI is InChI=1S/C15H11BrN2O2/c1-18-9-17-13-8-10(6-7-14(13)18)20-15(19)11-4-2-3-5-12(11)16/h2-9H,1H3. The number of aryl methyl sites for hydroxylation is 1. The van der Waals surface area contributed by atoms with E-state index >= 15 is 0 Å². The van der Waals surface area contributed by atoms with Crippen molar-refractivity contribution in [1.29, 1.82) is 0 Å². The zero-order chi connectivity index (χ0) is 14.1. The molecular weight excluding hydrogens is 320 g/mol. The maximum absolute atomic E-state index is 12.1. The van der Waals surface area contributed by atoms with E-state index in [1.165, 1.54) is 0 Å². The van der Waals surface area contributed by atoms with Gasteiger partial charge < -0.3 is 9.30 Å². The van der Waals surface area contributed by atoms with Gasteiger partial charge in [-0.2, -0.15) is 0 Å². The zero-order valence-electron chi connectivity index (χ0n) is 10.7. The summed E-state index contributed by atoms with van der Waals surface area (Å²) in [5, 5.41) is 0. The molecule has 2 aromatic carbocycles. The summed E-state index contributed by atoms with van der Waals surface area (Å²) in [5.74, 6) is 0.0877. The van der Waals surface area contributed by atoms with Crippen molar-refractivity contribution in [3.8, 4) is 5.75 Å². The lowest BCUT2D eigenvalue weighted by molar-refractivity contribution is 0.0734. The first kappa shape index (κ1) is 12.9. The smallest absolute Gasteiger partial charge is 0.344 e. The quantitative estimate of drug-likeness (QED) is 0.533. The van der Waals surface area contributed by atoms with Crippen molar-refractivity contribution in [1.82, 2.24) is 9.55 Å². The normalized spacial score (nSPS) is 10.7. The number of benzene rings is 2. The second-order valence-corrected chi connectivity index (χ2v) is 5.23. The fourth-order valence-electron chi connectivity index (χ4n) is 1.97. The van der Waals surface area contributed by atoms with E-state index in [2.05, 4.69) is 20.9 Å². The van der Waals surface area contributed by atoms with E-state index in [1.807, 2.05) is 23.7 Å². The van der Waals surface area contributed by atoms with Crippen LogP contribution in [-0.4, -0.2) is 15.5 Å². The Morgan fingerprint density at radius 2 is 2.05 bits per heavy atom. The Bertz CT molecular complexity index is 795. The van der Waals surface area contributed by atoms with Crippen LogP contribution in [-0.2, 0) is 7.05 Å². The lowest BCUT2D eigenvalue weighted by Crippen LogP contribution is -2.09. The molecule has 4 nitrogen and oxygen atoms in total. The van der Waals surface area contributed by atoms with Crippen LogP contribution in [0.5, 0.6) is 5.75 Å². The van der Waals surface area contributed by atoms with Crippen molar-refractivity contribution in [3.63, 3.8) is 0 Å². The molecule has 0 N–H and O–H groups in total. The molecule has 0 spiro atoms. The number of carbonyl (C=O) groups excluding carboxylic acids is 1. The SMILES string of the molecule is Cn1cnc2cc(OC(=O)c3ccccc3Br)ccc21. The maximum Gasteiger partial charge on any atom is 0.344 e. The lowest BCUT2D eigenvalue weighted by Gasteiger charge is -2.06. The van der Waals surface area contributed by atoms with E-state index < -0.39 is 5.97 Å². The molecule has 5 heteroatoms. The number of hydrogen-bond acceptors (Lipinski definition) is 3. The minimum atomic E-state index is -0.396. The molecular formula is C15H11BrN2O2. The first-order chi connectivity index (χ1) is 9.65. The Morgan fingerprint density at radius 3 is 2.85 bits per heavy atom. The molecule has 100 valence electrons. The number of esters is 1. The highest BCUT2D eigenvalue weighted by atomic mass is 79.9. The number of rotatable bonds is 2. The minimum Gasteiger partial charge on any atom is -0.423 e. The van der Waals surface area contributed by atoms with E-state index in [1.54, 1.807) is 36.7 Å². The van der Waals surface area contributed by atoms with Crippen molar-refractivity contribution in [2.24, 2.45) is 7.05 Å². The van der Waals surface area contributed by atoms with Gasteiger partial charge in [-0.1, -0.05) is 12.1 Å². The number of imidazole rings is 1. The number of ether oxygens (including phenoxy) is 1. The molecule has 0 saturated carbocycles. The monoisotopic (exact) mass is 330 g/mol. The molecule has 3 rings (SSSR count). The average molecular weight is 331 g/mol. The van der Waals surface area contributed by atoms with Gasteiger partial charge in [-0.25, -0.2) is 9.78 Å². The summed E-state index contributed by atoms with van der Waals surface area (Å²) in [7, 11) is 1.92. The van der Waals surface area contributed by atoms with Gasteiger partial charge in [-0.05, 0) is 40.2 Å². The van der Waals surface area contributed by atoms with Gasteiger partial charge in [-0.3, -0.25) is 0 Å². The molecule has 0 bridgehead atoms. The third-order valence-electron chi connectivity index (χ3n) is 3.00. The summed E-state index contributed by atoms with van der Waals surface area (Å²) < 4.78 is 8.00. The second kappa shape index (κ2) is 5.09. The molecule has 0 aliphatic heterocycles. The van der Waals surface area contributed by atoms with Crippen LogP contribution in [0, 0.1) is 0 Å². The molecule has 1 heterocycles. The maximum atomic E-state index is 12.1. The Kier molecular flexibility index (Phi) is 3.28. The molecule has 0 radical (unpaired) electrons. The zero-order valence-corrected chi connectivity index (χ0v) is 12.3. The molecule has 0 aliphatic rings. The van der Waals surface area contributed by atoms with Crippen LogP contribution in [0.15, 0.2) is 53.3 Å². The summed E-state index contributed by atoms with van der Waals surface area (Å²) in [5.41, 5.74) is 2.28. The van der Waals surface area contributed by atoms with E-state index in [0.717, 1.165) is 11.0 Å². The first-order valence-corrected chi connectivity index (χ1v) is 6.82. The highest BCUT2D eigenvalue weighted by molar-refractivity contribution is 9.10.